The lowest BCUT2D eigenvalue weighted by Crippen LogP contribution is -2.34. The molecule has 1 aliphatic rings. The SMILES string of the molecule is CCCNC(CSC)Cc1ccn(C2CCCCC2)n1. The third kappa shape index (κ3) is 4.81. The van der Waals surface area contributed by atoms with Gasteiger partial charge in [-0.05, 0) is 38.1 Å². The van der Waals surface area contributed by atoms with Crippen molar-refractivity contribution in [1.29, 1.82) is 0 Å². The van der Waals surface area contributed by atoms with Gasteiger partial charge in [0.2, 0.25) is 0 Å². The number of hydrogen-bond acceptors (Lipinski definition) is 3. The summed E-state index contributed by atoms with van der Waals surface area (Å²) in [6.07, 6.45) is 13.4. The number of hydrogen-bond donors (Lipinski definition) is 1. The number of thioether (sulfide) groups is 1. The Kier molecular flexibility index (Phi) is 6.94. The van der Waals surface area contributed by atoms with Crippen molar-refractivity contribution in [3.8, 4) is 0 Å². The van der Waals surface area contributed by atoms with Crippen LogP contribution in [-0.4, -0.2) is 34.4 Å². The molecule has 0 amide bonds. The molecule has 2 rings (SSSR count). The second-order valence-electron chi connectivity index (χ2n) is 5.89. The van der Waals surface area contributed by atoms with Gasteiger partial charge >= 0.3 is 0 Å². The minimum absolute atomic E-state index is 0.555. The van der Waals surface area contributed by atoms with Gasteiger partial charge in [-0.25, -0.2) is 0 Å². The highest BCUT2D eigenvalue weighted by Gasteiger charge is 2.17. The molecule has 114 valence electrons. The zero-order valence-electron chi connectivity index (χ0n) is 13.0. The normalized spacial score (nSPS) is 18.3. The number of nitrogens with one attached hydrogen (secondary N) is 1. The highest BCUT2D eigenvalue weighted by molar-refractivity contribution is 7.98. The molecule has 1 aromatic heterocycles. The smallest absolute Gasteiger partial charge is 0.0640 e. The van der Waals surface area contributed by atoms with Crippen LogP contribution >= 0.6 is 11.8 Å². The molecule has 3 nitrogen and oxygen atoms in total. The Bertz CT molecular complexity index is 372. The van der Waals surface area contributed by atoms with Gasteiger partial charge in [-0.1, -0.05) is 26.2 Å². The molecule has 0 aromatic carbocycles. The van der Waals surface area contributed by atoms with Gasteiger partial charge < -0.3 is 5.32 Å². The van der Waals surface area contributed by atoms with Crippen LogP contribution in [0.2, 0.25) is 0 Å². The molecule has 0 aliphatic heterocycles. The third-order valence-corrected chi connectivity index (χ3v) is 4.85. The summed E-state index contributed by atoms with van der Waals surface area (Å²) in [5.74, 6) is 1.16. The van der Waals surface area contributed by atoms with Crippen LogP contribution < -0.4 is 5.32 Å². The lowest BCUT2D eigenvalue weighted by atomic mass is 9.96. The summed E-state index contributed by atoms with van der Waals surface area (Å²) in [7, 11) is 0. The molecule has 1 aliphatic carbocycles. The van der Waals surface area contributed by atoms with Crippen LogP contribution in [0.5, 0.6) is 0 Å². The molecule has 0 bridgehead atoms. The number of aromatic nitrogens is 2. The Balaban J connectivity index is 1.89. The predicted molar refractivity (Wildman–Crippen MR) is 88.5 cm³/mol. The van der Waals surface area contributed by atoms with E-state index in [0.717, 1.165) is 18.7 Å². The molecule has 1 fully saturated rings. The summed E-state index contributed by atoms with van der Waals surface area (Å²) in [6.45, 7) is 3.33. The second-order valence-corrected chi connectivity index (χ2v) is 6.80. The minimum Gasteiger partial charge on any atom is -0.313 e. The van der Waals surface area contributed by atoms with Crippen molar-refractivity contribution in [3.05, 3.63) is 18.0 Å². The molecule has 0 radical (unpaired) electrons. The van der Waals surface area contributed by atoms with Gasteiger partial charge in [0, 0.05) is 24.4 Å². The highest BCUT2D eigenvalue weighted by atomic mass is 32.2. The first-order valence-corrected chi connectivity index (χ1v) is 9.49. The Labute approximate surface area is 127 Å². The average molecular weight is 295 g/mol. The van der Waals surface area contributed by atoms with E-state index >= 15 is 0 Å². The molecule has 1 heterocycles. The van der Waals surface area contributed by atoms with Crippen molar-refractivity contribution in [3.63, 3.8) is 0 Å². The fourth-order valence-corrected chi connectivity index (χ4v) is 3.67. The van der Waals surface area contributed by atoms with Gasteiger partial charge in [0.05, 0.1) is 11.7 Å². The van der Waals surface area contributed by atoms with E-state index in [0.29, 0.717) is 12.1 Å². The van der Waals surface area contributed by atoms with E-state index in [1.807, 2.05) is 11.8 Å². The lowest BCUT2D eigenvalue weighted by molar-refractivity contribution is 0.327. The third-order valence-electron chi connectivity index (χ3n) is 4.12. The molecule has 1 atom stereocenters. The Hall–Kier alpha value is -0.480. The number of rotatable bonds is 8. The minimum atomic E-state index is 0.555. The van der Waals surface area contributed by atoms with Crippen molar-refractivity contribution in [2.45, 2.75) is 64.0 Å². The molecule has 4 heteroatoms. The van der Waals surface area contributed by atoms with E-state index in [-0.39, 0.29) is 0 Å². The predicted octanol–water partition coefficient (Wildman–Crippen LogP) is 3.66. The molecule has 1 saturated carbocycles. The maximum absolute atomic E-state index is 4.83. The van der Waals surface area contributed by atoms with Crippen LogP contribution in [0.25, 0.3) is 0 Å². The average Bonchev–Trinajstić information content (AvgIpc) is 2.94. The van der Waals surface area contributed by atoms with Crippen LogP contribution in [0, 0.1) is 0 Å². The van der Waals surface area contributed by atoms with Crippen LogP contribution in [0.4, 0.5) is 0 Å². The first-order chi connectivity index (χ1) is 9.83. The molecular formula is C16H29N3S. The Morgan fingerprint density at radius 3 is 2.90 bits per heavy atom. The monoisotopic (exact) mass is 295 g/mol. The van der Waals surface area contributed by atoms with E-state index < -0.39 is 0 Å². The van der Waals surface area contributed by atoms with E-state index in [4.69, 9.17) is 5.10 Å². The van der Waals surface area contributed by atoms with Crippen molar-refractivity contribution in [1.82, 2.24) is 15.1 Å². The van der Waals surface area contributed by atoms with E-state index in [9.17, 15) is 0 Å². The van der Waals surface area contributed by atoms with E-state index in [2.05, 4.69) is 35.4 Å². The van der Waals surface area contributed by atoms with Crippen LogP contribution in [0.15, 0.2) is 12.3 Å². The molecule has 1 N–H and O–H groups in total. The zero-order chi connectivity index (χ0) is 14.2. The maximum atomic E-state index is 4.83. The molecule has 1 unspecified atom stereocenters. The van der Waals surface area contributed by atoms with Gasteiger partial charge in [0.15, 0.2) is 0 Å². The Morgan fingerprint density at radius 1 is 1.40 bits per heavy atom. The summed E-state index contributed by atoms with van der Waals surface area (Å²) >= 11 is 1.92. The number of nitrogens with zero attached hydrogens (tertiary/aromatic N) is 2. The second kappa shape index (κ2) is 8.73. The standard InChI is InChI=1S/C16H29N3S/c1-3-10-17-15(13-20-2)12-14-9-11-19(18-14)16-7-5-4-6-8-16/h9,11,15-17H,3-8,10,12-13H2,1-2H3. The summed E-state index contributed by atoms with van der Waals surface area (Å²) in [6, 6.07) is 3.43. The van der Waals surface area contributed by atoms with Gasteiger partial charge in [-0.15, -0.1) is 0 Å². The van der Waals surface area contributed by atoms with Crippen molar-refractivity contribution in [2.75, 3.05) is 18.6 Å². The summed E-state index contributed by atoms with van der Waals surface area (Å²) in [4.78, 5) is 0. The van der Waals surface area contributed by atoms with Gasteiger partial charge in [0.1, 0.15) is 0 Å². The largest absolute Gasteiger partial charge is 0.313 e. The summed E-state index contributed by atoms with van der Waals surface area (Å²) < 4.78 is 2.23. The first kappa shape index (κ1) is 15.9. The van der Waals surface area contributed by atoms with Gasteiger partial charge in [0.25, 0.3) is 0 Å². The lowest BCUT2D eigenvalue weighted by Gasteiger charge is -2.22. The van der Waals surface area contributed by atoms with E-state index in [1.165, 1.54) is 44.2 Å². The van der Waals surface area contributed by atoms with Crippen molar-refractivity contribution < 1.29 is 0 Å². The molecular weight excluding hydrogens is 266 g/mol. The quantitative estimate of drug-likeness (QED) is 0.794. The van der Waals surface area contributed by atoms with Gasteiger partial charge in [-0.3, -0.25) is 4.68 Å². The molecule has 20 heavy (non-hydrogen) atoms. The summed E-state index contributed by atoms with van der Waals surface area (Å²) in [5.41, 5.74) is 1.25. The van der Waals surface area contributed by atoms with E-state index in [1.54, 1.807) is 0 Å². The van der Waals surface area contributed by atoms with Crippen molar-refractivity contribution >= 4 is 11.8 Å². The fourth-order valence-electron chi connectivity index (χ4n) is 3.03. The van der Waals surface area contributed by atoms with Crippen LogP contribution in [0.3, 0.4) is 0 Å². The molecule has 1 aromatic rings. The first-order valence-electron chi connectivity index (χ1n) is 8.09. The molecule has 0 saturated heterocycles. The Morgan fingerprint density at radius 2 is 2.20 bits per heavy atom. The fraction of sp³-hybridized carbons (Fsp3) is 0.812. The van der Waals surface area contributed by atoms with Crippen LogP contribution in [0.1, 0.15) is 57.2 Å². The highest BCUT2D eigenvalue weighted by Crippen LogP contribution is 2.27. The van der Waals surface area contributed by atoms with Crippen LogP contribution in [-0.2, 0) is 6.42 Å². The topological polar surface area (TPSA) is 29.9 Å². The van der Waals surface area contributed by atoms with Crippen molar-refractivity contribution in [2.24, 2.45) is 0 Å². The molecule has 0 spiro atoms. The zero-order valence-corrected chi connectivity index (χ0v) is 13.8. The maximum Gasteiger partial charge on any atom is 0.0640 e. The summed E-state index contributed by atoms with van der Waals surface area (Å²) in [5, 5.41) is 8.47. The van der Waals surface area contributed by atoms with Gasteiger partial charge in [-0.2, -0.15) is 16.9 Å².